The van der Waals surface area contributed by atoms with Gasteiger partial charge >= 0.3 is 5.97 Å². The summed E-state index contributed by atoms with van der Waals surface area (Å²) in [5, 5.41) is 12.5. The summed E-state index contributed by atoms with van der Waals surface area (Å²) in [5.74, 6) is -0.646. The van der Waals surface area contributed by atoms with Crippen molar-refractivity contribution in [2.45, 2.75) is 12.8 Å². The van der Waals surface area contributed by atoms with Gasteiger partial charge in [-0.05, 0) is 37.4 Å². The van der Waals surface area contributed by atoms with Gasteiger partial charge < -0.3 is 10.4 Å². The third-order valence-electron chi connectivity index (χ3n) is 3.28. The second-order valence-electron chi connectivity index (χ2n) is 4.39. The lowest BCUT2D eigenvalue weighted by molar-refractivity contribution is -0.143. The summed E-state index contributed by atoms with van der Waals surface area (Å²) in [6.07, 6.45) is 1.62. The summed E-state index contributed by atoms with van der Waals surface area (Å²) < 4.78 is 0. The molecule has 3 nitrogen and oxygen atoms in total. The third kappa shape index (κ3) is 2.61. The van der Waals surface area contributed by atoms with E-state index in [4.69, 9.17) is 0 Å². The topological polar surface area (TPSA) is 49.3 Å². The molecule has 2 rings (SSSR count). The quantitative estimate of drug-likeness (QED) is 0.807. The van der Waals surface area contributed by atoms with Gasteiger partial charge in [0, 0.05) is 0 Å². The van der Waals surface area contributed by atoms with Crippen LogP contribution in [0.25, 0.3) is 0 Å². The van der Waals surface area contributed by atoms with Gasteiger partial charge in [0.2, 0.25) is 0 Å². The molecule has 1 aliphatic rings. The predicted molar refractivity (Wildman–Crippen MR) is 62.2 cm³/mol. The highest BCUT2D eigenvalue weighted by Crippen LogP contribution is 2.23. The molecule has 0 aromatic heterocycles. The largest absolute Gasteiger partial charge is 0.481 e. The molecule has 0 aliphatic carbocycles. The van der Waals surface area contributed by atoms with Crippen molar-refractivity contribution >= 4 is 5.97 Å². The van der Waals surface area contributed by atoms with Gasteiger partial charge in [0.1, 0.15) is 0 Å². The lowest BCUT2D eigenvalue weighted by Gasteiger charge is -2.18. The summed E-state index contributed by atoms with van der Waals surface area (Å²) in [5.41, 5.74) is 1.11. The molecule has 0 saturated carbocycles. The SMILES string of the molecule is O=C(O)[C@H](Cc1ccccc1)C1CCNC1. The van der Waals surface area contributed by atoms with E-state index in [0.717, 1.165) is 25.1 Å². The first-order valence-electron chi connectivity index (χ1n) is 5.75. The van der Waals surface area contributed by atoms with Crippen molar-refractivity contribution in [3.8, 4) is 0 Å². The van der Waals surface area contributed by atoms with Gasteiger partial charge in [0.25, 0.3) is 0 Å². The van der Waals surface area contributed by atoms with Gasteiger partial charge in [-0.2, -0.15) is 0 Å². The zero-order valence-electron chi connectivity index (χ0n) is 9.23. The van der Waals surface area contributed by atoms with Crippen LogP contribution in [0.4, 0.5) is 0 Å². The van der Waals surface area contributed by atoms with E-state index in [2.05, 4.69) is 5.32 Å². The summed E-state index contributed by atoms with van der Waals surface area (Å²) in [7, 11) is 0. The molecule has 0 amide bonds. The van der Waals surface area contributed by atoms with Crippen LogP contribution < -0.4 is 5.32 Å². The van der Waals surface area contributed by atoms with Crippen LogP contribution in [-0.4, -0.2) is 24.2 Å². The molecule has 2 atom stereocenters. The Balaban J connectivity index is 2.05. The fourth-order valence-corrected chi connectivity index (χ4v) is 2.34. The number of benzene rings is 1. The molecular formula is C13H17NO2. The molecule has 1 fully saturated rings. The van der Waals surface area contributed by atoms with Crippen molar-refractivity contribution in [1.82, 2.24) is 5.32 Å². The molecule has 2 N–H and O–H groups in total. The lowest BCUT2D eigenvalue weighted by atomic mass is 9.86. The van der Waals surface area contributed by atoms with Crippen molar-refractivity contribution < 1.29 is 9.90 Å². The normalized spacial score (nSPS) is 21.9. The molecule has 86 valence electrons. The van der Waals surface area contributed by atoms with E-state index < -0.39 is 5.97 Å². The van der Waals surface area contributed by atoms with Gasteiger partial charge in [-0.15, -0.1) is 0 Å². The molecule has 3 heteroatoms. The molecule has 1 aromatic rings. The molecule has 0 spiro atoms. The smallest absolute Gasteiger partial charge is 0.307 e. The number of nitrogens with one attached hydrogen (secondary N) is 1. The number of carbonyl (C=O) groups is 1. The number of hydrogen-bond acceptors (Lipinski definition) is 2. The zero-order valence-corrected chi connectivity index (χ0v) is 9.23. The first-order valence-corrected chi connectivity index (χ1v) is 5.75. The van der Waals surface area contributed by atoms with Crippen molar-refractivity contribution in [2.75, 3.05) is 13.1 Å². The average molecular weight is 219 g/mol. The van der Waals surface area contributed by atoms with E-state index in [1.807, 2.05) is 30.3 Å². The first-order chi connectivity index (χ1) is 7.77. The molecule has 1 aromatic carbocycles. The Kier molecular flexibility index (Phi) is 3.57. The Labute approximate surface area is 95.5 Å². The average Bonchev–Trinajstić information content (AvgIpc) is 2.80. The monoisotopic (exact) mass is 219 g/mol. The Morgan fingerprint density at radius 1 is 1.44 bits per heavy atom. The molecule has 0 bridgehead atoms. The minimum Gasteiger partial charge on any atom is -0.481 e. The van der Waals surface area contributed by atoms with Crippen LogP contribution in [0.5, 0.6) is 0 Å². The van der Waals surface area contributed by atoms with Crippen LogP contribution in [0, 0.1) is 11.8 Å². The predicted octanol–water partition coefficient (Wildman–Crippen LogP) is 1.54. The van der Waals surface area contributed by atoms with Crippen LogP contribution in [0.2, 0.25) is 0 Å². The summed E-state index contributed by atoms with van der Waals surface area (Å²) in [6, 6.07) is 9.87. The van der Waals surface area contributed by atoms with Crippen LogP contribution in [0.3, 0.4) is 0 Å². The molecular weight excluding hydrogens is 202 g/mol. The van der Waals surface area contributed by atoms with Crippen molar-refractivity contribution in [2.24, 2.45) is 11.8 Å². The Hall–Kier alpha value is -1.35. The fraction of sp³-hybridized carbons (Fsp3) is 0.462. The molecule has 1 aliphatic heterocycles. The summed E-state index contributed by atoms with van der Waals surface area (Å²) in [4.78, 5) is 11.3. The highest BCUT2D eigenvalue weighted by molar-refractivity contribution is 5.71. The highest BCUT2D eigenvalue weighted by Gasteiger charge is 2.30. The second kappa shape index (κ2) is 5.12. The standard InChI is InChI=1S/C13H17NO2/c15-13(16)12(11-6-7-14-9-11)8-10-4-2-1-3-5-10/h1-5,11-12,14H,6-9H2,(H,15,16)/t11?,12-/m1/s1. The van der Waals surface area contributed by atoms with E-state index >= 15 is 0 Å². The number of hydrogen-bond donors (Lipinski definition) is 2. The molecule has 1 heterocycles. The second-order valence-corrected chi connectivity index (χ2v) is 4.39. The van der Waals surface area contributed by atoms with E-state index in [9.17, 15) is 9.90 Å². The van der Waals surface area contributed by atoms with Gasteiger partial charge in [0.05, 0.1) is 5.92 Å². The molecule has 1 saturated heterocycles. The maximum Gasteiger partial charge on any atom is 0.307 e. The van der Waals surface area contributed by atoms with Gasteiger partial charge in [-0.25, -0.2) is 0 Å². The first kappa shape index (κ1) is 11.1. The van der Waals surface area contributed by atoms with Crippen molar-refractivity contribution in [3.05, 3.63) is 35.9 Å². The number of carboxylic acids is 1. The zero-order chi connectivity index (χ0) is 11.4. The van der Waals surface area contributed by atoms with Crippen LogP contribution in [0.15, 0.2) is 30.3 Å². The maximum absolute atomic E-state index is 11.3. The maximum atomic E-state index is 11.3. The molecule has 1 unspecified atom stereocenters. The molecule has 0 radical (unpaired) electrons. The summed E-state index contributed by atoms with van der Waals surface area (Å²) >= 11 is 0. The Morgan fingerprint density at radius 2 is 2.19 bits per heavy atom. The van der Waals surface area contributed by atoms with Gasteiger partial charge in [0.15, 0.2) is 0 Å². The van der Waals surface area contributed by atoms with E-state index in [1.165, 1.54) is 0 Å². The van der Waals surface area contributed by atoms with E-state index in [0.29, 0.717) is 6.42 Å². The Morgan fingerprint density at radius 3 is 2.75 bits per heavy atom. The van der Waals surface area contributed by atoms with E-state index in [1.54, 1.807) is 0 Å². The third-order valence-corrected chi connectivity index (χ3v) is 3.28. The number of aliphatic carboxylic acids is 1. The van der Waals surface area contributed by atoms with Gasteiger partial charge in [-0.3, -0.25) is 4.79 Å². The van der Waals surface area contributed by atoms with Crippen LogP contribution in [0.1, 0.15) is 12.0 Å². The number of rotatable bonds is 4. The number of carboxylic acid groups (broad SMARTS) is 1. The minimum absolute atomic E-state index is 0.252. The summed E-state index contributed by atoms with van der Waals surface area (Å²) in [6.45, 7) is 1.78. The van der Waals surface area contributed by atoms with Crippen molar-refractivity contribution in [3.63, 3.8) is 0 Å². The van der Waals surface area contributed by atoms with Gasteiger partial charge in [-0.1, -0.05) is 30.3 Å². The minimum atomic E-state index is -0.669. The fourth-order valence-electron chi connectivity index (χ4n) is 2.34. The highest BCUT2D eigenvalue weighted by atomic mass is 16.4. The Bertz CT molecular complexity index is 344. The van der Waals surface area contributed by atoms with Crippen LogP contribution >= 0.6 is 0 Å². The van der Waals surface area contributed by atoms with E-state index in [-0.39, 0.29) is 11.8 Å². The van der Waals surface area contributed by atoms with Crippen molar-refractivity contribution in [1.29, 1.82) is 0 Å². The van der Waals surface area contributed by atoms with Crippen LogP contribution in [-0.2, 0) is 11.2 Å². The molecule has 16 heavy (non-hydrogen) atoms. The lowest BCUT2D eigenvalue weighted by Crippen LogP contribution is -2.27.